The van der Waals surface area contributed by atoms with Crippen LogP contribution < -0.4 is 11.5 Å². The molecule has 0 aliphatic carbocycles. The topological polar surface area (TPSA) is 122 Å². The number of aromatic nitrogens is 1. The van der Waals surface area contributed by atoms with Gasteiger partial charge in [0, 0.05) is 34.0 Å². The zero-order valence-electron chi connectivity index (χ0n) is 14.8. The quantitative estimate of drug-likeness (QED) is 0.402. The van der Waals surface area contributed by atoms with Gasteiger partial charge in [0.2, 0.25) is 0 Å². The third kappa shape index (κ3) is 2.87. The summed E-state index contributed by atoms with van der Waals surface area (Å²) in [6.07, 6.45) is 0. The summed E-state index contributed by atoms with van der Waals surface area (Å²) in [4.78, 5) is 16.9. The summed E-state index contributed by atoms with van der Waals surface area (Å²) in [5, 5.41) is 21.0. The predicted octanol–water partition coefficient (Wildman–Crippen LogP) is 4.14. The second-order valence-electron chi connectivity index (χ2n) is 6.43. The summed E-state index contributed by atoms with van der Waals surface area (Å²) >= 11 is 0. The maximum absolute atomic E-state index is 12.3. The van der Waals surface area contributed by atoms with Gasteiger partial charge in [0.25, 0.3) is 0 Å². The van der Waals surface area contributed by atoms with E-state index in [-0.39, 0.29) is 11.3 Å². The fraction of sp³-hybridized carbons (Fsp3) is 0. The number of phenolic OH excluding ortho intramolecular Hbond substituents is 1. The highest BCUT2D eigenvalue weighted by Crippen LogP contribution is 2.41. The number of pyridine rings is 1. The first-order valence-electron chi connectivity index (χ1n) is 8.56. The van der Waals surface area contributed by atoms with Gasteiger partial charge < -0.3 is 21.7 Å². The molecule has 0 saturated heterocycles. The first-order chi connectivity index (χ1) is 13.5. The standard InChI is InChI=1S/C22H17N3O3/c23-13-7-5-12(6-8-13)19-20(22(27)28)15-3-1-2-4-17(15)25-21(19)16-10-9-14(24)11-18(16)26/h1-11,26H,23-24H2,(H,27,28). The number of phenols is 1. The molecule has 4 aromatic rings. The molecule has 4 rings (SSSR count). The summed E-state index contributed by atoms with van der Waals surface area (Å²) in [7, 11) is 0. The van der Waals surface area contributed by atoms with Gasteiger partial charge >= 0.3 is 5.97 Å². The number of nitrogen functional groups attached to an aromatic ring is 2. The molecule has 0 spiro atoms. The lowest BCUT2D eigenvalue weighted by Gasteiger charge is -2.16. The van der Waals surface area contributed by atoms with Crippen molar-refractivity contribution >= 4 is 28.2 Å². The Labute approximate surface area is 160 Å². The first kappa shape index (κ1) is 17.4. The Hall–Kier alpha value is -4.06. The number of carboxylic acids is 1. The van der Waals surface area contributed by atoms with Crippen molar-refractivity contribution in [1.29, 1.82) is 0 Å². The lowest BCUT2D eigenvalue weighted by Crippen LogP contribution is -2.05. The normalized spacial score (nSPS) is 10.9. The van der Waals surface area contributed by atoms with E-state index in [1.807, 2.05) is 0 Å². The maximum Gasteiger partial charge on any atom is 0.337 e. The van der Waals surface area contributed by atoms with Crippen LogP contribution in [0.15, 0.2) is 66.7 Å². The number of nitrogens with two attached hydrogens (primary N) is 2. The second kappa shape index (κ2) is 6.59. The molecule has 0 aliphatic heterocycles. The highest BCUT2D eigenvalue weighted by Gasteiger charge is 2.23. The fourth-order valence-corrected chi connectivity index (χ4v) is 3.31. The number of carbonyl (C=O) groups is 1. The number of anilines is 2. The highest BCUT2D eigenvalue weighted by molar-refractivity contribution is 6.11. The molecule has 0 radical (unpaired) electrons. The van der Waals surface area contributed by atoms with E-state index < -0.39 is 5.97 Å². The summed E-state index contributed by atoms with van der Waals surface area (Å²) in [5.74, 6) is -1.16. The van der Waals surface area contributed by atoms with Crippen molar-refractivity contribution in [2.24, 2.45) is 0 Å². The summed E-state index contributed by atoms with van der Waals surface area (Å²) in [6, 6.07) is 18.6. The number of fused-ring (bicyclic) bond motifs is 1. The molecule has 3 aromatic carbocycles. The number of aromatic carboxylic acids is 1. The van der Waals surface area contributed by atoms with Gasteiger partial charge in [-0.05, 0) is 35.9 Å². The highest BCUT2D eigenvalue weighted by atomic mass is 16.4. The lowest BCUT2D eigenvalue weighted by atomic mass is 9.91. The van der Waals surface area contributed by atoms with E-state index >= 15 is 0 Å². The Morgan fingerprint density at radius 1 is 0.893 bits per heavy atom. The number of aromatic hydroxyl groups is 1. The molecular weight excluding hydrogens is 354 g/mol. The third-order valence-corrected chi connectivity index (χ3v) is 4.58. The Morgan fingerprint density at radius 2 is 1.57 bits per heavy atom. The van der Waals surface area contributed by atoms with Gasteiger partial charge in [-0.2, -0.15) is 0 Å². The minimum atomic E-state index is -1.08. The second-order valence-corrected chi connectivity index (χ2v) is 6.43. The first-order valence-corrected chi connectivity index (χ1v) is 8.56. The van der Waals surface area contributed by atoms with Crippen LogP contribution in [0.1, 0.15) is 10.4 Å². The minimum Gasteiger partial charge on any atom is -0.507 e. The number of nitrogens with zero attached hydrogens (tertiary/aromatic N) is 1. The zero-order valence-corrected chi connectivity index (χ0v) is 14.8. The van der Waals surface area contributed by atoms with Crippen LogP contribution in [0.2, 0.25) is 0 Å². The number of para-hydroxylation sites is 1. The van der Waals surface area contributed by atoms with Gasteiger partial charge in [0.05, 0.1) is 16.8 Å². The third-order valence-electron chi connectivity index (χ3n) is 4.58. The van der Waals surface area contributed by atoms with E-state index in [0.29, 0.717) is 44.7 Å². The summed E-state index contributed by atoms with van der Waals surface area (Å²) < 4.78 is 0. The smallest absolute Gasteiger partial charge is 0.337 e. The molecule has 0 fully saturated rings. The molecular formula is C22H17N3O3. The van der Waals surface area contributed by atoms with Gasteiger partial charge in [-0.15, -0.1) is 0 Å². The monoisotopic (exact) mass is 371 g/mol. The molecule has 0 atom stereocenters. The Morgan fingerprint density at radius 3 is 2.25 bits per heavy atom. The molecule has 0 aliphatic rings. The van der Waals surface area contributed by atoms with E-state index in [4.69, 9.17) is 11.5 Å². The molecule has 138 valence electrons. The van der Waals surface area contributed by atoms with Crippen molar-refractivity contribution in [1.82, 2.24) is 4.98 Å². The van der Waals surface area contributed by atoms with Crippen LogP contribution in [0.25, 0.3) is 33.3 Å². The van der Waals surface area contributed by atoms with Crippen LogP contribution in [0.4, 0.5) is 11.4 Å². The molecule has 0 amide bonds. The van der Waals surface area contributed by atoms with Gasteiger partial charge in [-0.3, -0.25) is 0 Å². The summed E-state index contributed by atoms with van der Waals surface area (Å²) in [5.41, 5.74) is 14.9. The van der Waals surface area contributed by atoms with Crippen LogP contribution in [0.5, 0.6) is 5.75 Å². The van der Waals surface area contributed by atoms with E-state index in [1.54, 1.807) is 60.7 Å². The fourth-order valence-electron chi connectivity index (χ4n) is 3.31. The molecule has 6 heteroatoms. The van der Waals surface area contributed by atoms with Crippen LogP contribution in [0.3, 0.4) is 0 Å². The molecule has 0 unspecified atom stereocenters. The SMILES string of the molecule is Nc1ccc(-c2c(-c3ccc(N)cc3O)nc3ccccc3c2C(=O)O)cc1. The van der Waals surface area contributed by atoms with E-state index in [9.17, 15) is 15.0 Å². The lowest BCUT2D eigenvalue weighted by molar-refractivity contribution is 0.0700. The van der Waals surface area contributed by atoms with Gasteiger partial charge in [-0.1, -0.05) is 30.3 Å². The number of hydrogen-bond acceptors (Lipinski definition) is 5. The van der Waals surface area contributed by atoms with E-state index in [0.717, 1.165) is 0 Å². The average Bonchev–Trinajstić information content (AvgIpc) is 2.67. The van der Waals surface area contributed by atoms with Crippen LogP contribution in [0, 0.1) is 0 Å². The van der Waals surface area contributed by atoms with Crippen LogP contribution in [-0.2, 0) is 0 Å². The van der Waals surface area contributed by atoms with Crippen molar-refractivity contribution in [2.75, 3.05) is 11.5 Å². The Bertz CT molecular complexity index is 1220. The molecule has 28 heavy (non-hydrogen) atoms. The Balaban J connectivity index is 2.17. The van der Waals surface area contributed by atoms with Gasteiger partial charge in [0.1, 0.15) is 5.75 Å². The molecule has 1 heterocycles. The van der Waals surface area contributed by atoms with E-state index in [1.165, 1.54) is 6.07 Å². The van der Waals surface area contributed by atoms with Crippen LogP contribution >= 0.6 is 0 Å². The molecule has 0 bridgehead atoms. The molecule has 6 N–H and O–H groups in total. The van der Waals surface area contributed by atoms with E-state index in [2.05, 4.69) is 4.98 Å². The van der Waals surface area contributed by atoms with Gasteiger partial charge in [-0.25, -0.2) is 9.78 Å². The molecule has 6 nitrogen and oxygen atoms in total. The number of benzene rings is 3. The molecule has 1 aromatic heterocycles. The van der Waals surface area contributed by atoms with Crippen molar-refractivity contribution in [3.05, 3.63) is 72.3 Å². The van der Waals surface area contributed by atoms with Crippen molar-refractivity contribution in [3.8, 4) is 28.1 Å². The zero-order chi connectivity index (χ0) is 19.8. The predicted molar refractivity (Wildman–Crippen MR) is 110 cm³/mol. The Kier molecular flexibility index (Phi) is 4.08. The molecule has 0 saturated carbocycles. The van der Waals surface area contributed by atoms with Crippen molar-refractivity contribution in [2.45, 2.75) is 0 Å². The maximum atomic E-state index is 12.3. The van der Waals surface area contributed by atoms with Crippen LogP contribution in [-0.4, -0.2) is 21.2 Å². The number of hydrogen-bond donors (Lipinski definition) is 4. The van der Waals surface area contributed by atoms with Crippen molar-refractivity contribution in [3.63, 3.8) is 0 Å². The largest absolute Gasteiger partial charge is 0.507 e. The minimum absolute atomic E-state index is 0.0733. The van der Waals surface area contributed by atoms with Crippen molar-refractivity contribution < 1.29 is 15.0 Å². The van der Waals surface area contributed by atoms with Gasteiger partial charge in [0.15, 0.2) is 0 Å². The number of carboxylic acid groups (broad SMARTS) is 1. The average molecular weight is 371 g/mol. The number of rotatable bonds is 3. The summed E-state index contributed by atoms with van der Waals surface area (Å²) in [6.45, 7) is 0.